The molecule has 0 fully saturated rings. The van der Waals surface area contributed by atoms with Gasteiger partial charge in [0.05, 0.1) is 0 Å². The maximum Gasteiger partial charge on any atom is 0.346 e. The van der Waals surface area contributed by atoms with Gasteiger partial charge in [-0.15, -0.1) is 11.3 Å². The molecule has 0 unspecified atom stereocenters. The van der Waals surface area contributed by atoms with Gasteiger partial charge < -0.3 is 14.4 Å². The highest BCUT2D eigenvalue weighted by molar-refractivity contribution is 7.12. The number of carbonyl (C=O) groups is 1. The van der Waals surface area contributed by atoms with E-state index in [0.29, 0.717) is 11.6 Å². The van der Waals surface area contributed by atoms with Crippen LogP contribution >= 0.6 is 11.3 Å². The first-order chi connectivity index (χ1) is 7.25. The van der Waals surface area contributed by atoms with Gasteiger partial charge in [0.1, 0.15) is 10.6 Å². The van der Waals surface area contributed by atoms with Crippen LogP contribution in [-0.2, 0) is 6.61 Å². The van der Waals surface area contributed by atoms with E-state index in [1.807, 2.05) is 0 Å². The predicted molar refractivity (Wildman–Crippen MR) is 49.9 cm³/mol. The van der Waals surface area contributed by atoms with E-state index in [-0.39, 0.29) is 11.5 Å². The van der Waals surface area contributed by atoms with Gasteiger partial charge in [0, 0.05) is 11.4 Å². The molecule has 2 rings (SSSR count). The standard InChI is InChI=1S/C8H6N2O4S/c11-8(12)6-1-5(3-15-6)13-2-7-9-4-10-14-7/h1,3-4H,2H2,(H,11,12). The van der Waals surface area contributed by atoms with Crippen molar-refractivity contribution in [3.8, 4) is 5.75 Å². The molecule has 2 heterocycles. The average molecular weight is 226 g/mol. The van der Waals surface area contributed by atoms with E-state index >= 15 is 0 Å². The number of rotatable bonds is 4. The summed E-state index contributed by atoms with van der Waals surface area (Å²) in [6, 6.07) is 1.45. The number of aromatic carboxylic acids is 1. The van der Waals surface area contributed by atoms with Crippen molar-refractivity contribution in [3.63, 3.8) is 0 Å². The Morgan fingerprint density at radius 2 is 2.53 bits per heavy atom. The van der Waals surface area contributed by atoms with E-state index in [4.69, 9.17) is 14.4 Å². The molecule has 0 saturated heterocycles. The lowest BCUT2D eigenvalue weighted by atomic mass is 10.4. The van der Waals surface area contributed by atoms with Crippen LogP contribution in [0.4, 0.5) is 0 Å². The molecule has 0 saturated carbocycles. The summed E-state index contributed by atoms with van der Waals surface area (Å²) >= 11 is 1.10. The molecule has 78 valence electrons. The number of ether oxygens (including phenoxy) is 1. The Hall–Kier alpha value is -1.89. The minimum atomic E-state index is -0.965. The summed E-state index contributed by atoms with van der Waals surface area (Å²) < 4.78 is 9.94. The Morgan fingerprint density at radius 1 is 1.67 bits per heavy atom. The minimum absolute atomic E-state index is 0.135. The largest absolute Gasteiger partial charge is 0.483 e. The lowest BCUT2D eigenvalue weighted by molar-refractivity contribution is 0.0702. The van der Waals surface area contributed by atoms with Crippen molar-refractivity contribution in [2.75, 3.05) is 0 Å². The first-order valence-corrected chi connectivity index (χ1v) is 4.84. The molecule has 2 aromatic rings. The molecule has 0 amide bonds. The second-order valence-electron chi connectivity index (χ2n) is 2.58. The number of hydrogen-bond acceptors (Lipinski definition) is 6. The van der Waals surface area contributed by atoms with Crippen LogP contribution in [0.3, 0.4) is 0 Å². The summed E-state index contributed by atoms with van der Waals surface area (Å²) in [5.41, 5.74) is 0. The Bertz CT molecular complexity index is 451. The van der Waals surface area contributed by atoms with Gasteiger partial charge in [0.2, 0.25) is 0 Å². The van der Waals surface area contributed by atoms with E-state index in [9.17, 15) is 4.79 Å². The van der Waals surface area contributed by atoms with Gasteiger partial charge in [-0.2, -0.15) is 4.98 Å². The third kappa shape index (κ3) is 2.32. The lowest BCUT2D eigenvalue weighted by Crippen LogP contribution is -1.94. The van der Waals surface area contributed by atoms with Crippen LogP contribution in [0.2, 0.25) is 0 Å². The highest BCUT2D eigenvalue weighted by Gasteiger charge is 2.08. The fourth-order valence-corrected chi connectivity index (χ4v) is 1.58. The van der Waals surface area contributed by atoms with Crippen LogP contribution in [0.25, 0.3) is 0 Å². The van der Waals surface area contributed by atoms with Crippen molar-refractivity contribution >= 4 is 17.3 Å². The highest BCUT2D eigenvalue weighted by atomic mass is 32.1. The van der Waals surface area contributed by atoms with Crippen LogP contribution in [0.15, 0.2) is 22.3 Å². The molecule has 7 heteroatoms. The highest BCUT2D eigenvalue weighted by Crippen LogP contribution is 2.22. The van der Waals surface area contributed by atoms with Crippen molar-refractivity contribution in [1.82, 2.24) is 10.1 Å². The summed E-state index contributed by atoms with van der Waals surface area (Å²) in [4.78, 5) is 14.6. The van der Waals surface area contributed by atoms with Crippen molar-refractivity contribution in [3.05, 3.63) is 28.5 Å². The van der Waals surface area contributed by atoms with Crippen molar-refractivity contribution in [2.45, 2.75) is 6.61 Å². The number of carboxylic acid groups (broad SMARTS) is 1. The van der Waals surface area contributed by atoms with Crippen molar-refractivity contribution < 1.29 is 19.2 Å². The van der Waals surface area contributed by atoms with Gasteiger partial charge in [-0.1, -0.05) is 5.16 Å². The predicted octanol–water partition coefficient (Wildman–Crippen LogP) is 1.41. The van der Waals surface area contributed by atoms with Crippen LogP contribution in [0.5, 0.6) is 5.75 Å². The van der Waals surface area contributed by atoms with E-state index in [2.05, 4.69) is 10.1 Å². The van der Waals surface area contributed by atoms with Gasteiger partial charge in [0.15, 0.2) is 12.9 Å². The molecule has 1 N–H and O–H groups in total. The zero-order chi connectivity index (χ0) is 10.7. The summed E-state index contributed by atoms with van der Waals surface area (Å²) in [6.45, 7) is 0.135. The maximum absolute atomic E-state index is 10.6. The van der Waals surface area contributed by atoms with Crippen LogP contribution in [0, 0.1) is 0 Å². The van der Waals surface area contributed by atoms with Gasteiger partial charge in [-0.05, 0) is 0 Å². The minimum Gasteiger partial charge on any atom is -0.483 e. The Balaban J connectivity index is 1.96. The molecule has 0 aliphatic carbocycles. The molecule has 0 spiro atoms. The normalized spacial score (nSPS) is 10.1. The fourth-order valence-electron chi connectivity index (χ4n) is 0.911. The first-order valence-electron chi connectivity index (χ1n) is 3.96. The molecule has 6 nitrogen and oxygen atoms in total. The Morgan fingerprint density at radius 3 is 3.13 bits per heavy atom. The summed E-state index contributed by atoms with van der Waals surface area (Å²) in [5, 5.41) is 13.7. The molecule has 0 atom stereocenters. The molecule has 0 aromatic carbocycles. The average Bonchev–Trinajstić information content (AvgIpc) is 2.86. The summed E-state index contributed by atoms with van der Waals surface area (Å²) in [5.74, 6) is -0.138. The zero-order valence-corrected chi connectivity index (χ0v) is 8.23. The number of carboxylic acids is 1. The molecule has 2 aromatic heterocycles. The van der Waals surface area contributed by atoms with Gasteiger partial charge in [-0.3, -0.25) is 0 Å². The second kappa shape index (κ2) is 4.09. The van der Waals surface area contributed by atoms with Crippen molar-refractivity contribution in [1.29, 1.82) is 0 Å². The first kappa shape index (κ1) is 9.66. The molecular weight excluding hydrogens is 220 g/mol. The number of hydrogen-bond donors (Lipinski definition) is 1. The fraction of sp³-hybridized carbons (Fsp3) is 0.125. The molecule has 0 aliphatic rings. The summed E-state index contributed by atoms with van der Waals surface area (Å²) in [7, 11) is 0. The van der Waals surface area contributed by atoms with Gasteiger partial charge in [-0.25, -0.2) is 4.79 Å². The van der Waals surface area contributed by atoms with E-state index in [0.717, 1.165) is 11.3 Å². The monoisotopic (exact) mass is 226 g/mol. The third-order valence-corrected chi connectivity index (χ3v) is 2.45. The third-order valence-electron chi connectivity index (χ3n) is 1.56. The van der Waals surface area contributed by atoms with E-state index in [1.165, 1.54) is 12.4 Å². The number of aromatic nitrogens is 2. The SMILES string of the molecule is O=C(O)c1cc(OCc2ncno2)cs1. The van der Waals surface area contributed by atoms with Gasteiger partial charge in [0.25, 0.3) is 5.89 Å². The van der Waals surface area contributed by atoms with Crippen LogP contribution < -0.4 is 4.74 Å². The van der Waals surface area contributed by atoms with E-state index < -0.39 is 5.97 Å². The molecule has 0 bridgehead atoms. The Labute approximate surface area is 88.1 Å². The second-order valence-corrected chi connectivity index (χ2v) is 3.49. The topological polar surface area (TPSA) is 85.5 Å². The van der Waals surface area contributed by atoms with Gasteiger partial charge >= 0.3 is 5.97 Å². The van der Waals surface area contributed by atoms with Crippen LogP contribution in [0.1, 0.15) is 15.6 Å². The maximum atomic E-state index is 10.6. The number of thiophene rings is 1. The lowest BCUT2D eigenvalue weighted by Gasteiger charge is -1.97. The molecule has 0 radical (unpaired) electrons. The molecule has 15 heavy (non-hydrogen) atoms. The molecule has 0 aliphatic heterocycles. The summed E-state index contributed by atoms with van der Waals surface area (Å²) in [6.07, 6.45) is 1.27. The Kier molecular flexibility index (Phi) is 2.64. The quantitative estimate of drug-likeness (QED) is 0.848. The van der Waals surface area contributed by atoms with E-state index in [1.54, 1.807) is 5.38 Å². The zero-order valence-electron chi connectivity index (χ0n) is 7.41. The smallest absolute Gasteiger partial charge is 0.346 e. The van der Waals surface area contributed by atoms with Crippen LogP contribution in [-0.4, -0.2) is 21.2 Å². The van der Waals surface area contributed by atoms with Crippen molar-refractivity contribution in [2.24, 2.45) is 0 Å². The number of nitrogens with zero attached hydrogens (tertiary/aromatic N) is 2. The molecular formula is C8H6N2O4S.